The molecule has 0 saturated carbocycles. The van der Waals surface area contributed by atoms with Gasteiger partial charge in [-0.05, 0) is 38.0 Å². The van der Waals surface area contributed by atoms with Gasteiger partial charge in [0.05, 0.1) is 30.0 Å². The fourth-order valence-corrected chi connectivity index (χ4v) is 3.85. The molecule has 0 aliphatic carbocycles. The van der Waals surface area contributed by atoms with Gasteiger partial charge < -0.3 is 4.74 Å². The van der Waals surface area contributed by atoms with Gasteiger partial charge in [0.15, 0.2) is 0 Å². The molecule has 0 bridgehead atoms. The van der Waals surface area contributed by atoms with Crippen LogP contribution >= 0.6 is 0 Å². The van der Waals surface area contributed by atoms with Crippen molar-refractivity contribution in [1.29, 1.82) is 0 Å². The van der Waals surface area contributed by atoms with Crippen LogP contribution in [0.3, 0.4) is 0 Å². The number of rotatable bonds is 5. The zero-order valence-electron chi connectivity index (χ0n) is 13.4. The number of nitrogens with one attached hydrogen (secondary N) is 1. The highest BCUT2D eigenvalue weighted by Gasteiger charge is 2.32. The van der Waals surface area contributed by atoms with E-state index in [9.17, 15) is 8.42 Å². The summed E-state index contributed by atoms with van der Waals surface area (Å²) >= 11 is 0. The standard InChI is InChI=1S/C17H22N2O3S/c1-12(2)23(20,21)19-17-11-22-10-14(17)9-13-7-8-18-16-6-4-3-5-15(13)16/h3-8,12,14,17,19H,9-11H2,1-2H3/t14-,17-/m1/s1. The molecule has 2 aromatic rings. The second kappa shape index (κ2) is 6.55. The summed E-state index contributed by atoms with van der Waals surface area (Å²) in [5, 5.41) is 0.679. The normalized spacial score (nSPS) is 22.0. The number of nitrogens with zero attached hydrogens (tertiary/aromatic N) is 1. The Morgan fingerprint density at radius 3 is 2.83 bits per heavy atom. The molecule has 6 heteroatoms. The third-order valence-corrected chi connectivity index (χ3v) is 6.23. The van der Waals surface area contributed by atoms with Crippen LogP contribution in [0.4, 0.5) is 0 Å². The molecular weight excluding hydrogens is 312 g/mol. The van der Waals surface area contributed by atoms with Gasteiger partial charge >= 0.3 is 0 Å². The van der Waals surface area contributed by atoms with E-state index in [2.05, 4.69) is 15.8 Å². The zero-order chi connectivity index (χ0) is 16.4. The van der Waals surface area contributed by atoms with Crippen molar-refractivity contribution in [2.45, 2.75) is 31.6 Å². The lowest BCUT2D eigenvalue weighted by Crippen LogP contribution is -2.43. The first-order valence-electron chi connectivity index (χ1n) is 7.89. The maximum Gasteiger partial charge on any atom is 0.214 e. The highest BCUT2D eigenvalue weighted by Crippen LogP contribution is 2.24. The van der Waals surface area contributed by atoms with Crippen molar-refractivity contribution in [2.75, 3.05) is 13.2 Å². The molecule has 1 saturated heterocycles. The van der Waals surface area contributed by atoms with E-state index in [4.69, 9.17) is 4.74 Å². The number of fused-ring (bicyclic) bond motifs is 1. The molecule has 124 valence electrons. The van der Waals surface area contributed by atoms with Crippen LogP contribution in [-0.2, 0) is 21.2 Å². The largest absolute Gasteiger partial charge is 0.379 e. The van der Waals surface area contributed by atoms with E-state index in [0.29, 0.717) is 13.2 Å². The molecule has 2 heterocycles. The van der Waals surface area contributed by atoms with Crippen molar-refractivity contribution in [1.82, 2.24) is 9.71 Å². The summed E-state index contributed by atoms with van der Waals surface area (Å²) in [6.45, 7) is 4.37. The molecule has 23 heavy (non-hydrogen) atoms. The van der Waals surface area contributed by atoms with Crippen LogP contribution in [0.1, 0.15) is 19.4 Å². The fourth-order valence-electron chi connectivity index (χ4n) is 2.89. The van der Waals surface area contributed by atoms with Crippen molar-refractivity contribution in [3.63, 3.8) is 0 Å². The van der Waals surface area contributed by atoms with E-state index < -0.39 is 15.3 Å². The van der Waals surface area contributed by atoms with Crippen LogP contribution in [0.25, 0.3) is 10.9 Å². The lowest BCUT2D eigenvalue weighted by Gasteiger charge is -2.21. The minimum Gasteiger partial charge on any atom is -0.379 e. The number of ether oxygens (including phenoxy) is 1. The number of hydrogen-bond acceptors (Lipinski definition) is 4. The Morgan fingerprint density at radius 2 is 2.04 bits per heavy atom. The van der Waals surface area contributed by atoms with E-state index in [-0.39, 0.29) is 12.0 Å². The van der Waals surface area contributed by atoms with Crippen molar-refractivity contribution in [3.05, 3.63) is 42.1 Å². The Hall–Kier alpha value is -1.50. The molecule has 3 rings (SSSR count). The molecule has 0 radical (unpaired) electrons. The molecule has 1 fully saturated rings. The summed E-state index contributed by atoms with van der Waals surface area (Å²) in [5.74, 6) is 0.134. The quantitative estimate of drug-likeness (QED) is 0.909. The SMILES string of the molecule is CC(C)S(=O)(=O)N[C@@H]1COC[C@H]1Cc1ccnc2ccccc12. The zero-order valence-corrected chi connectivity index (χ0v) is 14.2. The Bertz CT molecular complexity index is 784. The fraction of sp³-hybridized carbons (Fsp3) is 0.471. The highest BCUT2D eigenvalue weighted by atomic mass is 32.2. The predicted molar refractivity (Wildman–Crippen MR) is 90.7 cm³/mol. The second-order valence-electron chi connectivity index (χ2n) is 6.31. The molecule has 1 aromatic heterocycles. The molecule has 1 aliphatic heterocycles. The van der Waals surface area contributed by atoms with E-state index >= 15 is 0 Å². The highest BCUT2D eigenvalue weighted by molar-refractivity contribution is 7.90. The van der Waals surface area contributed by atoms with Crippen LogP contribution in [0.5, 0.6) is 0 Å². The smallest absolute Gasteiger partial charge is 0.214 e. The summed E-state index contributed by atoms with van der Waals surface area (Å²) in [7, 11) is -3.29. The first-order chi connectivity index (χ1) is 11.0. The number of para-hydroxylation sites is 1. The van der Waals surface area contributed by atoms with Crippen LogP contribution < -0.4 is 4.72 Å². The Labute approximate surface area is 137 Å². The lowest BCUT2D eigenvalue weighted by atomic mass is 9.93. The number of benzene rings is 1. The third kappa shape index (κ3) is 3.54. The maximum absolute atomic E-state index is 12.1. The number of hydrogen-bond donors (Lipinski definition) is 1. The van der Waals surface area contributed by atoms with Gasteiger partial charge in [-0.25, -0.2) is 13.1 Å². The van der Waals surface area contributed by atoms with Crippen molar-refractivity contribution >= 4 is 20.9 Å². The van der Waals surface area contributed by atoms with Crippen LogP contribution in [0.15, 0.2) is 36.5 Å². The summed E-state index contributed by atoms with van der Waals surface area (Å²) in [5.41, 5.74) is 2.14. The molecule has 5 nitrogen and oxygen atoms in total. The average Bonchev–Trinajstić information content (AvgIpc) is 2.94. The summed E-state index contributed by atoms with van der Waals surface area (Å²) in [6.07, 6.45) is 2.58. The van der Waals surface area contributed by atoms with Gasteiger partial charge in [-0.3, -0.25) is 4.98 Å². The van der Waals surface area contributed by atoms with Crippen molar-refractivity contribution in [3.8, 4) is 0 Å². The molecule has 1 aromatic carbocycles. The molecule has 0 unspecified atom stereocenters. The summed E-state index contributed by atoms with van der Waals surface area (Å²) < 4.78 is 32.6. The van der Waals surface area contributed by atoms with E-state index in [1.165, 1.54) is 5.56 Å². The monoisotopic (exact) mass is 334 g/mol. The van der Waals surface area contributed by atoms with Crippen LogP contribution in [0.2, 0.25) is 0 Å². The first-order valence-corrected chi connectivity index (χ1v) is 9.43. The van der Waals surface area contributed by atoms with Crippen molar-refractivity contribution < 1.29 is 13.2 Å². The minimum atomic E-state index is -3.29. The average molecular weight is 334 g/mol. The third-order valence-electron chi connectivity index (χ3n) is 4.36. The summed E-state index contributed by atoms with van der Waals surface area (Å²) in [6, 6.07) is 9.85. The number of aromatic nitrogens is 1. The second-order valence-corrected chi connectivity index (χ2v) is 8.58. The van der Waals surface area contributed by atoms with E-state index in [0.717, 1.165) is 17.3 Å². The number of sulfonamides is 1. The van der Waals surface area contributed by atoms with E-state index in [1.54, 1.807) is 20.0 Å². The Kier molecular flexibility index (Phi) is 4.66. The van der Waals surface area contributed by atoms with Crippen molar-refractivity contribution in [2.24, 2.45) is 5.92 Å². The minimum absolute atomic E-state index is 0.134. The van der Waals surface area contributed by atoms with E-state index in [1.807, 2.05) is 24.3 Å². The van der Waals surface area contributed by atoms with Gasteiger partial charge in [0.1, 0.15) is 0 Å². The first kappa shape index (κ1) is 16.4. The predicted octanol–water partition coefficient (Wildman–Crippen LogP) is 2.12. The molecule has 0 spiro atoms. The van der Waals surface area contributed by atoms with Gasteiger partial charge in [-0.15, -0.1) is 0 Å². The molecule has 2 atom stereocenters. The molecular formula is C17H22N2O3S. The Morgan fingerprint density at radius 1 is 1.26 bits per heavy atom. The van der Waals surface area contributed by atoms with Crippen LogP contribution in [-0.4, -0.2) is 37.9 Å². The lowest BCUT2D eigenvalue weighted by molar-refractivity contribution is 0.183. The molecule has 0 amide bonds. The van der Waals surface area contributed by atoms with Gasteiger partial charge in [0, 0.05) is 17.5 Å². The van der Waals surface area contributed by atoms with Gasteiger partial charge in [-0.2, -0.15) is 0 Å². The number of pyridine rings is 1. The van der Waals surface area contributed by atoms with Gasteiger partial charge in [0.2, 0.25) is 10.0 Å². The van der Waals surface area contributed by atoms with Gasteiger partial charge in [-0.1, -0.05) is 18.2 Å². The van der Waals surface area contributed by atoms with Gasteiger partial charge in [0.25, 0.3) is 0 Å². The molecule has 1 N–H and O–H groups in total. The Balaban J connectivity index is 1.81. The van der Waals surface area contributed by atoms with Crippen LogP contribution in [0, 0.1) is 5.92 Å². The maximum atomic E-state index is 12.1. The topological polar surface area (TPSA) is 68.3 Å². The summed E-state index contributed by atoms with van der Waals surface area (Å²) in [4.78, 5) is 4.38. The molecule has 1 aliphatic rings.